The van der Waals surface area contributed by atoms with Crippen LogP contribution in [0.25, 0.3) is 0 Å². The summed E-state index contributed by atoms with van der Waals surface area (Å²) in [6, 6.07) is 2.28. The number of piperidine rings is 2. The normalized spacial score (nSPS) is 32.7. The Morgan fingerprint density at radius 3 is 2.67 bits per heavy atom. The fourth-order valence-corrected chi connectivity index (χ4v) is 4.24. The molecular formula is C14H23N3S. The van der Waals surface area contributed by atoms with Gasteiger partial charge >= 0.3 is 0 Å². The first-order chi connectivity index (χ1) is 8.76. The highest BCUT2D eigenvalue weighted by Crippen LogP contribution is 2.35. The van der Waals surface area contributed by atoms with Gasteiger partial charge in [0.1, 0.15) is 0 Å². The topological polar surface area (TPSA) is 28.2 Å². The molecule has 0 aliphatic carbocycles. The lowest BCUT2D eigenvalue weighted by Crippen LogP contribution is -2.55. The zero-order valence-electron chi connectivity index (χ0n) is 11.4. The first kappa shape index (κ1) is 12.6. The van der Waals surface area contributed by atoms with E-state index in [0.717, 1.165) is 24.7 Å². The number of thiazole rings is 1. The summed E-state index contributed by atoms with van der Waals surface area (Å²) in [4.78, 5) is 7.36. The largest absolute Gasteiger partial charge is 0.317 e. The van der Waals surface area contributed by atoms with E-state index in [4.69, 9.17) is 0 Å². The van der Waals surface area contributed by atoms with Crippen LogP contribution in [-0.2, 0) is 6.54 Å². The fourth-order valence-electron chi connectivity index (χ4n) is 3.64. The minimum absolute atomic E-state index is 0.730. The predicted molar refractivity (Wildman–Crippen MR) is 75.9 cm³/mol. The van der Waals surface area contributed by atoms with Crippen LogP contribution in [0.4, 0.5) is 0 Å². The quantitative estimate of drug-likeness (QED) is 0.910. The van der Waals surface area contributed by atoms with E-state index >= 15 is 0 Å². The zero-order valence-corrected chi connectivity index (χ0v) is 12.2. The van der Waals surface area contributed by atoms with Crippen molar-refractivity contribution in [3.05, 3.63) is 16.1 Å². The van der Waals surface area contributed by atoms with E-state index in [1.165, 1.54) is 42.8 Å². The third kappa shape index (κ3) is 2.46. The lowest BCUT2D eigenvalue weighted by Gasteiger charge is -2.48. The molecule has 2 aliphatic rings. The smallest absolute Gasteiger partial charge is 0.0897 e. The molecule has 0 aromatic carbocycles. The molecule has 1 N–H and O–H groups in total. The second-order valence-electron chi connectivity index (χ2n) is 5.73. The van der Waals surface area contributed by atoms with Gasteiger partial charge < -0.3 is 5.32 Å². The maximum Gasteiger partial charge on any atom is 0.0897 e. The second kappa shape index (κ2) is 5.27. The Hall–Kier alpha value is -0.450. The Labute approximate surface area is 114 Å². The Kier molecular flexibility index (Phi) is 3.68. The maximum atomic E-state index is 4.63. The van der Waals surface area contributed by atoms with Gasteiger partial charge in [0, 0.05) is 30.1 Å². The van der Waals surface area contributed by atoms with Crippen molar-refractivity contribution in [1.29, 1.82) is 0 Å². The summed E-state index contributed by atoms with van der Waals surface area (Å²) in [7, 11) is 2.11. The minimum atomic E-state index is 0.730. The molecule has 1 aromatic rings. The molecule has 18 heavy (non-hydrogen) atoms. The van der Waals surface area contributed by atoms with Gasteiger partial charge in [-0.25, -0.2) is 4.98 Å². The molecule has 1 aromatic heterocycles. The number of hydrogen-bond donors (Lipinski definition) is 1. The van der Waals surface area contributed by atoms with Gasteiger partial charge in [-0.05, 0) is 39.7 Å². The van der Waals surface area contributed by atoms with Crippen LogP contribution in [0.5, 0.6) is 0 Å². The summed E-state index contributed by atoms with van der Waals surface area (Å²) in [5.41, 5.74) is 1.28. The van der Waals surface area contributed by atoms with Crippen molar-refractivity contribution in [3.8, 4) is 0 Å². The van der Waals surface area contributed by atoms with Crippen LogP contribution in [0.2, 0.25) is 0 Å². The van der Waals surface area contributed by atoms with E-state index in [9.17, 15) is 0 Å². The molecule has 0 amide bonds. The molecule has 2 unspecified atom stereocenters. The molecule has 3 heterocycles. The van der Waals surface area contributed by atoms with Crippen molar-refractivity contribution >= 4 is 11.3 Å². The van der Waals surface area contributed by atoms with E-state index in [1.807, 2.05) is 0 Å². The summed E-state index contributed by atoms with van der Waals surface area (Å²) in [5.74, 6) is 0. The van der Waals surface area contributed by atoms with Gasteiger partial charge in [-0.1, -0.05) is 6.42 Å². The van der Waals surface area contributed by atoms with E-state index in [-0.39, 0.29) is 0 Å². The molecule has 2 fully saturated rings. The molecule has 2 aliphatic heterocycles. The molecule has 2 bridgehead atoms. The highest BCUT2D eigenvalue weighted by Gasteiger charge is 2.37. The Morgan fingerprint density at radius 2 is 2.11 bits per heavy atom. The molecule has 0 spiro atoms. The summed E-state index contributed by atoms with van der Waals surface area (Å²) in [5, 5.41) is 6.91. The first-order valence-corrected chi connectivity index (χ1v) is 7.98. The van der Waals surface area contributed by atoms with Gasteiger partial charge in [0.15, 0.2) is 0 Å². The molecule has 0 saturated carbocycles. The minimum Gasteiger partial charge on any atom is -0.317 e. The Balaban J connectivity index is 1.71. The van der Waals surface area contributed by atoms with Crippen LogP contribution in [0.1, 0.15) is 42.8 Å². The molecule has 2 saturated heterocycles. The van der Waals surface area contributed by atoms with Crippen molar-refractivity contribution in [1.82, 2.24) is 15.2 Å². The van der Waals surface area contributed by atoms with Crippen LogP contribution < -0.4 is 5.32 Å². The van der Waals surface area contributed by atoms with Gasteiger partial charge in [-0.15, -0.1) is 11.3 Å². The van der Waals surface area contributed by atoms with E-state index in [1.54, 1.807) is 11.3 Å². The molecule has 3 nitrogen and oxygen atoms in total. The summed E-state index contributed by atoms with van der Waals surface area (Å²) in [6.45, 7) is 3.17. The van der Waals surface area contributed by atoms with Gasteiger partial charge in [-0.3, -0.25) is 4.90 Å². The number of aryl methyl sites for hydroxylation is 1. The molecular weight excluding hydrogens is 242 g/mol. The lowest BCUT2D eigenvalue weighted by molar-refractivity contribution is 0.0182. The molecule has 0 radical (unpaired) electrons. The van der Waals surface area contributed by atoms with Crippen molar-refractivity contribution in [2.24, 2.45) is 0 Å². The van der Waals surface area contributed by atoms with Crippen molar-refractivity contribution in [2.45, 2.75) is 63.7 Å². The monoisotopic (exact) mass is 265 g/mol. The Bertz CT molecular complexity index is 389. The van der Waals surface area contributed by atoms with Crippen molar-refractivity contribution in [3.63, 3.8) is 0 Å². The molecule has 100 valence electrons. The lowest BCUT2D eigenvalue weighted by atomic mass is 9.81. The summed E-state index contributed by atoms with van der Waals surface area (Å²) < 4.78 is 0. The van der Waals surface area contributed by atoms with Crippen molar-refractivity contribution in [2.75, 3.05) is 7.05 Å². The SMILES string of the molecule is CNC1CC2CCCC(C1)N2Cc1csc(C)n1. The number of hydrogen-bond acceptors (Lipinski definition) is 4. The molecule has 2 atom stereocenters. The summed E-state index contributed by atoms with van der Waals surface area (Å²) >= 11 is 1.78. The second-order valence-corrected chi connectivity index (χ2v) is 6.79. The number of nitrogens with one attached hydrogen (secondary N) is 1. The Morgan fingerprint density at radius 1 is 1.39 bits per heavy atom. The van der Waals surface area contributed by atoms with Gasteiger partial charge in [-0.2, -0.15) is 0 Å². The average molecular weight is 265 g/mol. The predicted octanol–water partition coefficient (Wildman–Crippen LogP) is 2.56. The van der Waals surface area contributed by atoms with E-state index < -0.39 is 0 Å². The highest BCUT2D eigenvalue weighted by molar-refractivity contribution is 7.09. The van der Waals surface area contributed by atoms with Crippen molar-refractivity contribution < 1.29 is 0 Å². The van der Waals surface area contributed by atoms with Gasteiger partial charge in [0.25, 0.3) is 0 Å². The van der Waals surface area contributed by atoms with E-state index in [2.05, 4.69) is 34.6 Å². The third-order valence-electron chi connectivity index (χ3n) is 4.55. The number of fused-ring (bicyclic) bond motifs is 2. The average Bonchev–Trinajstić information content (AvgIpc) is 2.74. The number of nitrogens with zero attached hydrogens (tertiary/aromatic N) is 2. The highest BCUT2D eigenvalue weighted by atomic mass is 32.1. The maximum absolute atomic E-state index is 4.63. The zero-order chi connectivity index (χ0) is 12.5. The van der Waals surface area contributed by atoms with E-state index in [0.29, 0.717) is 0 Å². The third-order valence-corrected chi connectivity index (χ3v) is 5.37. The van der Waals surface area contributed by atoms with Crippen LogP contribution in [0, 0.1) is 6.92 Å². The summed E-state index contributed by atoms with van der Waals surface area (Å²) in [6.07, 6.45) is 6.79. The molecule has 3 rings (SSSR count). The van der Waals surface area contributed by atoms with Crippen LogP contribution in [0.3, 0.4) is 0 Å². The van der Waals surface area contributed by atoms with Crippen LogP contribution in [-0.4, -0.2) is 35.1 Å². The van der Waals surface area contributed by atoms with Crippen LogP contribution in [0.15, 0.2) is 5.38 Å². The van der Waals surface area contributed by atoms with Crippen LogP contribution >= 0.6 is 11.3 Å². The van der Waals surface area contributed by atoms with Gasteiger partial charge in [0.2, 0.25) is 0 Å². The number of rotatable bonds is 3. The fraction of sp³-hybridized carbons (Fsp3) is 0.786. The first-order valence-electron chi connectivity index (χ1n) is 7.10. The van der Waals surface area contributed by atoms with Gasteiger partial charge in [0.05, 0.1) is 10.7 Å². The standard InChI is InChI=1S/C14H23N3S/c1-10-16-12(9-18-10)8-17-13-4-3-5-14(17)7-11(6-13)15-2/h9,11,13-15H,3-8H2,1-2H3. The molecule has 4 heteroatoms. The number of aromatic nitrogens is 1.